The van der Waals surface area contributed by atoms with Gasteiger partial charge in [-0.3, -0.25) is 0 Å². The van der Waals surface area contributed by atoms with Crippen LogP contribution in [-0.4, -0.2) is 0 Å². The molecule has 5 heteroatoms. The Labute approximate surface area is 70.4 Å². The van der Waals surface area contributed by atoms with Gasteiger partial charge in [0.15, 0.2) is 0 Å². The van der Waals surface area contributed by atoms with Crippen LogP contribution in [0.2, 0.25) is 0 Å². The standard InChI is InChI=1S/4ClH.Mo/h4*1H;/q;;;;+4/p-4. The van der Waals surface area contributed by atoms with E-state index in [-0.39, 0.29) is 70.7 Å². The van der Waals surface area contributed by atoms with Crippen molar-refractivity contribution in [2.75, 3.05) is 0 Å². The summed E-state index contributed by atoms with van der Waals surface area (Å²) in [5.41, 5.74) is 0. The van der Waals surface area contributed by atoms with Crippen molar-refractivity contribution < 1.29 is 70.7 Å². The van der Waals surface area contributed by atoms with E-state index in [1.54, 1.807) is 0 Å². The van der Waals surface area contributed by atoms with Crippen molar-refractivity contribution in [2.45, 2.75) is 0 Å². The third kappa shape index (κ3) is 25.4. The molecular weight excluding hydrogens is 238 g/mol. The van der Waals surface area contributed by atoms with Gasteiger partial charge in [-0.2, -0.15) is 0 Å². The SMILES string of the molecule is [Cl-].[Cl-].[Cl-].[Cl-].[Mo+4]. The quantitative estimate of drug-likeness (QED) is 0.367. The minimum absolute atomic E-state index is 0. The zero-order valence-corrected chi connectivity index (χ0v) is 6.95. The van der Waals surface area contributed by atoms with Crippen molar-refractivity contribution in [3.8, 4) is 0 Å². The smallest absolute Gasteiger partial charge is 1.00 e. The molecule has 34 valence electrons. The van der Waals surface area contributed by atoms with Crippen LogP contribution in [0.5, 0.6) is 0 Å². The summed E-state index contributed by atoms with van der Waals surface area (Å²) in [6, 6.07) is 0. The molecule has 0 atom stereocenters. The maximum atomic E-state index is 0. The molecule has 5 heavy (non-hydrogen) atoms. The maximum absolute atomic E-state index is 0. The van der Waals surface area contributed by atoms with Crippen LogP contribution in [0.4, 0.5) is 0 Å². The summed E-state index contributed by atoms with van der Waals surface area (Å²) >= 11 is 0. The van der Waals surface area contributed by atoms with Crippen molar-refractivity contribution in [3.63, 3.8) is 0 Å². The van der Waals surface area contributed by atoms with Gasteiger partial charge in [-0.15, -0.1) is 0 Å². The Bertz CT molecular complexity index is 3.61. The van der Waals surface area contributed by atoms with E-state index in [0.29, 0.717) is 0 Å². The van der Waals surface area contributed by atoms with E-state index in [1.165, 1.54) is 0 Å². The topological polar surface area (TPSA) is 0 Å². The van der Waals surface area contributed by atoms with Gasteiger partial charge in [0.25, 0.3) is 0 Å². The molecule has 0 saturated heterocycles. The molecule has 0 aliphatic rings. The molecule has 0 saturated carbocycles. The van der Waals surface area contributed by atoms with Gasteiger partial charge in [0.2, 0.25) is 0 Å². The summed E-state index contributed by atoms with van der Waals surface area (Å²) in [7, 11) is 0. The summed E-state index contributed by atoms with van der Waals surface area (Å²) in [6.45, 7) is 0. The van der Waals surface area contributed by atoms with E-state index >= 15 is 0 Å². The Balaban J connectivity index is 0. The first-order chi connectivity index (χ1) is 0. The van der Waals surface area contributed by atoms with Crippen LogP contribution in [0.25, 0.3) is 0 Å². The normalized spacial score (nSPS) is 0. The monoisotopic (exact) mass is 238 g/mol. The number of hydrogen-bond acceptors (Lipinski definition) is 0. The summed E-state index contributed by atoms with van der Waals surface area (Å²) in [5, 5.41) is 0. The second kappa shape index (κ2) is 40.2. The average molecular weight is 238 g/mol. The van der Waals surface area contributed by atoms with Crippen LogP contribution in [0.1, 0.15) is 0 Å². The molecule has 0 aromatic carbocycles. The van der Waals surface area contributed by atoms with Gasteiger partial charge >= 0.3 is 21.1 Å². The molecule has 0 aromatic heterocycles. The molecule has 0 rings (SSSR count). The van der Waals surface area contributed by atoms with E-state index in [2.05, 4.69) is 0 Å². The third-order valence-corrected chi connectivity index (χ3v) is 0. The van der Waals surface area contributed by atoms with Crippen LogP contribution in [0.15, 0.2) is 0 Å². The second-order valence-corrected chi connectivity index (χ2v) is 0. The molecule has 0 unspecified atom stereocenters. The molecule has 0 aliphatic heterocycles. The molecule has 0 nitrogen and oxygen atoms in total. The molecule has 0 bridgehead atoms. The molecule has 0 spiro atoms. The fourth-order valence-electron chi connectivity index (χ4n) is 0. The predicted molar refractivity (Wildman–Crippen MR) is 0 cm³/mol. The summed E-state index contributed by atoms with van der Waals surface area (Å²) in [5.74, 6) is 0. The summed E-state index contributed by atoms with van der Waals surface area (Å²) < 4.78 is 0. The Morgan fingerprint density at radius 3 is 0.400 bits per heavy atom. The van der Waals surface area contributed by atoms with Crippen molar-refractivity contribution in [2.24, 2.45) is 0 Å². The molecular formula is Cl4Mo. The van der Waals surface area contributed by atoms with Crippen molar-refractivity contribution in [1.29, 1.82) is 0 Å². The van der Waals surface area contributed by atoms with Gasteiger partial charge in [-0.1, -0.05) is 0 Å². The van der Waals surface area contributed by atoms with Gasteiger partial charge < -0.3 is 49.6 Å². The Morgan fingerprint density at radius 1 is 0.400 bits per heavy atom. The van der Waals surface area contributed by atoms with Crippen LogP contribution in [-0.2, 0) is 21.1 Å². The Kier molecular flexibility index (Phi) is 552. The van der Waals surface area contributed by atoms with Gasteiger partial charge in [0.1, 0.15) is 0 Å². The van der Waals surface area contributed by atoms with Crippen LogP contribution in [0.3, 0.4) is 0 Å². The minimum Gasteiger partial charge on any atom is -1.00 e. The maximum Gasteiger partial charge on any atom is 4.00 e. The van der Waals surface area contributed by atoms with Crippen LogP contribution < -0.4 is 49.6 Å². The van der Waals surface area contributed by atoms with Gasteiger partial charge in [-0.05, 0) is 0 Å². The van der Waals surface area contributed by atoms with E-state index in [9.17, 15) is 0 Å². The molecule has 0 aliphatic carbocycles. The molecule has 0 amide bonds. The van der Waals surface area contributed by atoms with Crippen molar-refractivity contribution in [3.05, 3.63) is 0 Å². The predicted octanol–water partition coefficient (Wildman–Crippen LogP) is -12.0. The Morgan fingerprint density at radius 2 is 0.400 bits per heavy atom. The van der Waals surface area contributed by atoms with E-state index in [1.807, 2.05) is 0 Å². The molecule has 0 heterocycles. The Hall–Kier alpha value is 1.85. The first-order valence-corrected chi connectivity index (χ1v) is 0. The molecule has 0 aromatic rings. The van der Waals surface area contributed by atoms with E-state index < -0.39 is 0 Å². The molecule has 0 N–H and O–H groups in total. The minimum atomic E-state index is 0. The summed E-state index contributed by atoms with van der Waals surface area (Å²) in [6.07, 6.45) is 0. The zero-order valence-electron chi connectivity index (χ0n) is 1.92. The fraction of sp³-hybridized carbons (Fsp3) is 0. The molecule has 0 fully saturated rings. The van der Waals surface area contributed by atoms with Crippen LogP contribution >= 0.6 is 0 Å². The van der Waals surface area contributed by atoms with E-state index in [0.717, 1.165) is 0 Å². The fourth-order valence-corrected chi connectivity index (χ4v) is 0. The van der Waals surface area contributed by atoms with Gasteiger partial charge in [0.05, 0.1) is 0 Å². The molecule has 0 radical (unpaired) electrons. The van der Waals surface area contributed by atoms with Gasteiger partial charge in [-0.25, -0.2) is 0 Å². The van der Waals surface area contributed by atoms with Crippen molar-refractivity contribution in [1.82, 2.24) is 0 Å². The largest absolute Gasteiger partial charge is 4.00 e. The van der Waals surface area contributed by atoms with Crippen LogP contribution in [0, 0.1) is 0 Å². The van der Waals surface area contributed by atoms with Crippen molar-refractivity contribution >= 4 is 0 Å². The zero-order chi connectivity index (χ0) is 0. The first-order valence-electron chi connectivity index (χ1n) is 0. The number of halogens is 4. The average Bonchev–Trinajstić information content (AvgIpc) is 0. The van der Waals surface area contributed by atoms with E-state index in [4.69, 9.17) is 0 Å². The number of rotatable bonds is 0. The number of hydrogen-bond donors (Lipinski definition) is 0. The van der Waals surface area contributed by atoms with Gasteiger partial charge in [0, 0.05) is 0 Å². The summed E-state index contributed by atoms with van der Waals surface area (Å²) in [4.78, 5) is 0. The first kappa shape index (κ1) is 68.6. The second-order valence-electron chi connectivity index (χ2n) is 0. The third-order valence-electron chi connectivity index (χ3n) is 0.